The van der Waals surface area contributed by atoms with E-state index in [-0.39, 0.29) is 11.1 Å². The summed E-state index contributed by atoms with van der Waals surface area (Å²) in [5, 5.41) is 9.24. The monoisotopic (exact) mass is 384 g/mol. The number of carboxylic acid groups (broad SMARTS) is 1. The highest BCUT2D eigenvalue weighted by Gasteiger charge is 2.51. The van der Waals surface area contributed by atoms with Crippen molar-refractivity contribution in [2.24, 2.45) is 5.73 Å². The molecule has 1 aromatic rings. The van der Waals surface area contributed by atoms with Crippen LogP contribution in [0, 0.1) is 0 Å². The number of amides is 1. The molecule has 7 nitrogen and oxygen atoms in total. The molecule has 0 spiro atoms. The van der Waals surface area contributed by atoms with Gasteiger partial charge in [0, 0.05) is 11.3 Å². The third-order valence-electron chi connectivity index (χ3n) is 4.76. The fourth-order valence-corrected chi connectivity index (χ4v) is 4.64. The van der Waals surface area contributed by atoms with Gasteiger partial charge in [-0.3, -0.25) is 9.69 Å². The number of fused-ring (bicyclic) bond motifs is 1. The van der Waals surface area contributed by atoms with Crippen LogP contribution in [0.3, 0.4) is 0 Å². The Balaban J connectivity index is 1.77. The second-order valence-electron chi connectivity index (χ2n) is 6.38. The fourth-order valence-electron chi connectivity index (χ4n) is 3.39. The quantitative estimate of drug-likeness (QED) is 0.600. The SMILES string of the molecule is CC1=C(c2ccccc2)C(=O)OC1=CC1=C(C(=O)O)N2C(=O)[C@@H](N)[C@@H]2SC1. The van der Waals surface area contributed by atoms with Crippen molar-refractivity contribution in [1.82, 2.24) is 4.90 Å². The lowest BCUT2D eigenvalue weighted by Crippen LogP contribution is -2.68. The van der Waals surface area contributed by atoms with E-state index < -0.39 is 23.9 Å². The molecule has 1 aromatic carbocycles. The number of carbonyl (C=O) groups excluding carboxylic acids is 2. The Morgan fingerprint density at radius 1 is 1.33 bits per heavy atom. The number of benzene rings is 1. The minimum Gasteiger partial charge on any atom is -0.477 e. The van der Waals surface area contributed by atoms with Gasteiger partial charge in [0.1, 0.15) is 22.9 Å². The fraction of sp³-hybridized carbons (Fsp3) is 0.211. The second kappa shape index (κ2) is 6.40. The molecule has 0 aliphatic carbocycles. The number of β-lactam (4-membered cyclic amide) rings is 1. The van der Waals surface area contributed by atoms with Crippen molar-refractivity contribution in [3.05, 3.63) is 64.6 Å². The molecule has 2 atom stereocenters. The number of carboxylic acids is 1. The number of nitrogens with two attached hydrogens (primary N) is 1. The highest BCUT2D eigenvalue weighted by atomic mass is 32.2. The molecule has 0 bridgehead atoms. The number of esters is 1. The van der Waals surface area contributed by atoms with E-state index in [9.17, 15) is 19.5 Å². The molecular formula is C19H16N2O5S. The molecule has 3 aliphatic rings. The van der Waals surface area contributed by atoms with Crippen LogP contribution in [0.15, 0.2) is 59.0 Å². The van der Waals surface area contributed by atoms with Gasteiger partial charge in [0.05, 0.1) is 5.57 Å². The van der Waals surface area contributed by atoms with Crippen molar-refractivity contribution in [2.75, 3.05) is 5.75 Å². The van der Waals surface area contributed by atoms with E-state index in [1.807, 2.05) is 30.3 Å². The molecule has 0 unspecified atom stereocenters. The maximum Gasteiger partial charge on any atom is 0.352 e. The number of hydrogen-bond donors (Lipinski definition) is 2. The predicted octanol–water partition coefficient (Wildman–Crippen LogP) is 1.48. The van der Waals surface area contributed by atoms with Gasteiger partial charge < -0.3 is 15.6 Å². The lowest BCUT2D eigenvalue weighted by molar-refractivity contribution is -0.147. The van der Waals surface area contributed by atoms with Crippen LogP contribution in [0.4, 0.5) is 0 Å². The molecule has 0 aromatic heterocycles. The number of allylic oxidation sites excluding steroid dienone is 2. The Labute approximate surface area is 159 Å². The molecular weight excluding hydrogens is 368 g/mol. The summed E-state index contributed by atoms with van der Waals surface area (Å²) in [6, 6.07) is 8.44. The second-order valence-corrected chi connectivity index (χ2v) is 7.48. The van der Waals surface area contributed by atoms with Crippen molar-refractivity contribution in [2.45, 2.75) is 18.3 Å². The average Bonchev–Trinajstić information content (AvgIpc) is 2.94. The van der Waals surface area contributed by atoms with Gasteiger partial charge >= 0.3 is 11.9 Å². The van der Waals surface area contributed by atoms with Gasteiger partial charge in [0.25, 0.3) is 0 Å². The van der Waals surface area contributed by atoms with Crippen LogP contribution in [0.5, 0.6) is 0 Å². The molecule has 3 heterocycles. The zero-order chi connectivity index (χ0) is 19.3. The largest absolute Gasteiger partial charge is 0.477 e. The van der Waals surface area contributed by atoms with Gasteiger partial charge in [-0.15, -0.1) is 11.8 Å². The first kappa shape index (κ1) is 17.6. The van der Waals surface area contributed by atoms with Crippen LogP contribution in [-0.4, -0.2) is 45.0 Å². The van der Waals surface area contributed by atoms with E-state index >= 15 is 0 Å². The maximum absolute atomic E-state index is 12.3. The van der Waals surface area contributed by atoms with E-state index in [0.717, 1.165) is 5.56 Å². The van der Waals surface area contributed by atoms with Crippen molar-refractivity contribution < 1.29 is 24.2 Å². The lowest BCUT2D eigenvalue weighted by atomic mass is 10.00. The summed E-state index contributed by atoms with van der Waals surface area (Å²) in [6.07, 6.45) is 1.53. The number of carbonyl (C=O) groups is 3. The van der Waals surface area contributed by atoms with Crippen molar-refractivity contribution in [1.29, 1.82) is 0 Å². The first-order chi connectivity index (χ1) is 12.9. The zero-order valence-corrected chi connectivity index (χ0v) is 15.2. The van der Waals surface area contributed by atoms with Crippen molar-refractivity contribution in [3.8, 4) is 0 Å². The van der Waals surface area contributed by atoms with Gasteiger partial charge in [-0.1, -0.05) is 30.3 Å². The Morgan fingerprint density at radius 3 is 2.70 bits per heavy atom. The lowest BCUT2D eigenvalue weighted by Gasteiger charge is -2.47. The first-order valence-electron chi connectivity index (χ1n) is 8.27. The van der Waals surface area contributed by atoms with Crippen molar-refractivity contribution in [3.63, 3.8) is 0 Å². The summed E-state index contributed by atoms with van der Waals surface area (Å²) in [5.41, 5.74) is 7.87. The van der Waals surface area contributed by atoms with Crippen LogP contribution in [0.2, 0.25) is 0 Å². The molecule has 138 valence electrons. The first-order valence-corrected chi connectivity index (χ1v) is 9.32. The summed E-state index contributed by atoms with van der Waals surface area (Å²) in [6.45, 7) is 1.75. The normalized spacial score (nSPS) is 26.3. The number of aliphatic carboxylic acids is 1. The summed E-state index contributed by atoms with van der Waals surface area (Å²) >= 11 is 1.39. The number of cyclic esters (lactones) is 1. The van der Waals surface area contributed by atoms with Crippen LogP contribution in [0.1, 0.15) is 12.5 Å². The number of nitrogens with zero attached hydrogens (tertiary/aromatic N) is 1. The van der Waals surface area contributed by atoms with E-state index in [0.29, 0.717) is 28.2 Å². The summed E-state index contributed by atoms with van der Waals surface area (Å²) in [5.74, 6) is -1.45. The standard InChI is InChI=1S/C19H16N2O5S/c1-9-12(26-19(25)13(9)10-5-3-2-4-6-10)7-11-8-27-17-14(20)16(22)21(17)15(11)18(23)24/h2-7,14,17H,8,20H2,1H3,(H,23,24)/t14-,17+/m1/s1. The van der Waals surface area contributed by atoms with Crippen LogP contribution >= 0.6 is 11.8 Å². The van der Waals surface area contributed by atoms with Gasteiger partial charge in [0.15, 0.2) is 0 Å². The summed E-state index contributed by atoms with van der Waals surface area (Å²) < 4.78 is 5.38. The molecule has 0 radical (unpaired) electrons. The van der Waals surface area contributed by atoms with Crippen LogP contribution < -0.4 is 5.73 Å². The molecule has 27 heavy (non-hydrogen) atoms. The summed E-state index contributed by atoms with van der Waals surface area (Å²) in [7, 11) is 0. The van der Waals surface area contributed by atoms with Gasteiger partial charge in [-0.05, 0) is 24.1 Å². The molecule has 1 saturated heterocycles. The summed E-state index contributed by atoms with van der Waals surface area (Å²) in [4.78, 5) is 37.3. The minimum atomic E-state index is -1.21. The van der Waals surface area contributed by atoms with Crippen LogP contribution in [-0.2, 0) is 19.1 Å². The Bertz CT molecular complexity index is 964. The van der Waals surface area contributed by atoms with Gasteiger partial charge in [0.2, 0.25) is 5.91 Å². The number of thioether (sulfide) groups is 1. The van der Waals surface area contributed by atoms with Gasteiger partial charge in [-0.25, -0.2) is 9.59 Å². The van der Waals surface area contributed by atoms with E-state index in [1.54, 1.807) is 6.92 Å². The molecule has 8 heteroatoms. The zero-order valence-electron chi connectivity index (χ0n) is 14.3. The van der Waals surface area contributed by atoms with E-state index in [1.165, 1.54) is 22.7 Å². The molecule has 3 N–H and O–H groups in total. The highest BCUT2D eigenvalue weighted by Crippen LogP contribution is 2.41. The topological polar surface area (TPSA) is 110 Å². The van der Waals surface area contributed by atoms with Crippen molar-refractivity contribution >= 4 is 35.2 Å². The average molecular weight is 384 g/mol. The highest BCUT2D eigenvalue weighted by molar-refractivity contribution is 8.00. The Kier molecular flexibility index (Phi) is 4.16. The van der Waals surface area contributed by atoms with E-state index in [2.05, 4.69) is 0 Å². The minimum absolute atomic E-state index is 0.102. The molecule has 1 fully saturated rings. The Morgan fingerprint density at radius 2 is 2.04 bits per heavy atom. The third-order valence-corrected chi connectivity index (χ3v) is 6.08. The number of ether oxygens (including phenoxy) is 1. The molecule has 0 saturated carbocycles. The number of rotatable bonds is 3. The third kappa shape index (κ3) is 2.68. The predicted molar refractivity (Wildman–Crippen MR) is 98.9 cm³/mol. The number of hydrogen-bond acceptors (Lipinski definition) is 6. The van der Waals surface area contributed by atoms with Crippen LogP contribution in [0.25, 0.3) is 5.57 Å². The molecule has 3 aliphatic heterocycles. The smallest absolute Gasteiger partial charge is 0.352 e. The maximum atomic E-state index is 12.3. The molecule has 1 amide bonds. The molecule has 4 rings (SSSR count). The Hall–Kier alpha value is -2.84. The van der Waals surface area contributed by atoms with E-state index in [4.69, 9.17) is 10.5 Å². The van der Waals surface area contributed by atoms with Gasteiger partial charge in [-0.2, -0.15) is 0 Å².